The number of unbranched alkanes of at least 4 members (excludes halogenated alkanes) is 1. The highest BCUT2D eigenvalue weighted by molar-refractivity contribution is 7.88. The molecular weight excluding hydrogens is 370 g/mol. The van der Waals surface area contributed by atoms with Crippen molar-refractivity contribution in [1.82, 2.24) is 9.62 Å². The van der Waals surface area contributed by atoms with Crippen LogP contribution in [-0.2, 0) is 10.0 Å². The van der Waals surface area contributed by atoms with Gasteiger partial charge in [0, 0.05) is 12.2 Å². The average Bonchev–Trinajstić information content (AvgIpc) is 2.60. The van der Waals surface area contributed by atoms with Gasteiger partial charge in [0.2, 0.25) is 10.0 Å². The summed E-state index contributed by atoms with van der Waals surface area (Å²) in [5.74, 6) is 0. The van der Waals surface area contributed by atoms with Crippen LogP contribution >= 0.6 is 0 Å². The Morgan fingerprint density at radius 2 is 1.78 bits per heavy atom. The molecule has 0 bridgehead atoms. The molecule has 0 spiro atoms. The van der Waals surface area contributed by atoms with E-state index in [-0.39, 0.29) is 12.1 Å². The smallest absolute Gasteiger partial charge is 0.308 e. The van der Waals surface area contributed by atoms with Gasteiger partial charge in [-0.3, -0.25) is 5.32 Å². The minimum absolute atomic E-state index is 0.0183. The number of benzene rings is 1. The van der Waals surface area contributed by atoms with Crippen molar-refractivity contribution in [3.05, 3.63) is 35.4 Å². The van der Waals surface area contributed by atoms with Crippen LogP contribution in [0.25, 0.3) is 6.08 Å². The van der Waals surface area contributed by atoms with Gasteiger partial charge in [-0.1, -0.05) is 25.5 Å². The molecule has 0 aliphatic carbocycles. The highest BCUT2D eigenvalue weighted by Crippen LogP contribution is 2.12. The van der Waals surface area contributed by atoms with Crippen molar-refractivity contribution in [1.29, 1.82) is 10.5 Å². The lowest BCUT2D eigenvalue weighted by atomic mass is 10.1. The standard InChI is InChI=1S/C17H19N5O4S/c1-3-4-9-22(27(2,25)26)17(24)21-16(23)20-15-7-5-13(6-8-15)10-14(11-18)12-19/h5-8,10H,3-4,9H2,1-2H3,(H2,20,21,23,24). The molecule has 1 aromatic rings. The minimum atomic E-state index is -3.80. The summed E-state index contributed by atoms with van der Waals surface area (Å²) >= 11 is 0. The summed E-state index contributed by atoms with van der Waals surface area (Å²) in [6.07, 6.45) is 3.43. The zero-order valence-corrected chi connectivity index (χ0v) is 15.7. The van der Waals surface area contributed by atoms with E-state index < -0.39 is 22.1 Å². The topological polar surface area (TPSA) is 143 Å². The number of rotatable bonds is 6. The minimum Gasteiger partial charge on any atom is -0.308 e. The Kier molecular flexibility index (Phi) is 7.98. The Bertz CT molecular complexity index is 892. The summed E-state index contributed by atoms with van der Waals surface area (Å²) in [5, 5.41) is 21.8. The van der Waals surface area contributed by atoms with Crippen LogP contribution in [0.4, 0.5) is 15.3 Å². The van der Waals surface area contributed by atoms with E-state index >= 15 is 0 Å². The highest BCUT2D eigenvalue weighted by Gasteiger charge is 2.24. The molecule has 0 atom stereocenters. The first kappa shape index (κ1) is 21.7. The Balaban J connectivity index is 2.76. The zero-order chi connectivity index (χ0) is 20.4. The van der Waals surface area contributed by atoms with Crippen LogP contribution in [0.1, 0.15) is 25.3 Å². The number of anilines is 1. The van der Waals surface area contributed by atoms with Gasteiger partial charge in [-0.2, -0.15) is 10.5 Å². The number of hydrogen-bond donors (Lipinski definition) is 2. The number of urea groups is 2. The van der Waals surface area contributed by atoms with Crippen molar-refractivity contribution >= 4 is 33.8 Å². The lowest BCUT2D eigenvalue weighted by Gasteiger charge is -2.20. The third-order valence-corrected chi connectivity index (χ3v) is 4.43. The molecule has 0 unspecified atom stereocenters. The number of allylic oxidation sites excluding steroid dienone is 1. The molecule has 0 aliphatic heterocycles. The van der Waals surface area contributed by atoms with Crippen molar-refractivity contribution in [2.45, 2.75) is 19.8 Å². The van der Waals surface area contributed by atoms with Gasteiger partial charge >= 0.3 is 12.1 Å². The first-order chi connectivity index (χ1) is 12.7. The second kappa shape index (κ2) is 9.94. The summed E-state index contributed by atoms with van der Waals surface area (Å²) in [4.78, 5) is 24.0. The van der Waals surface area contributed by atoms with Crippen LogP contribution in [0.15, 0.2) is 29.8 Å². The van der Waals surface area contributed by atoms with Crippen molar-refractivity contribution in [3.63, 3.8) is 0 Å². The third kappa shape index (κ3) is 7.18. The van der Waals surface area contributed by atoms with Gasteiger partial charge in [0.15, 0.2) is 0 Å². The summed E-state index contributed by atoms with van der Waals surface area (Å²) in [5.41, 5.74) is 0.859. The number of nitrogens with zero attached hydrogens (tertiary/aromatic N) is 3. The van der Waals surface area contributed by atoms with Gasteiger partial charge in [-0.25, -0.2) is 22.3 Å². The van der Waals surface area contributed by atoms with Gasteiger partial charge < -0.3 is 5.32 Å². The van der Waals surface area contributed by atoms with Gasteiger partial charge in [0.05, 0.1) is 6.26 Å². The monoisotopic (exact) mass is 389 g/mol. The molecule has 0 heterocycles. The van der Waals surface area contributed by atoms with E-state index in [1.807, 2.05) is 12.2 Å². The number of nitrogens with one attached hydrogen (secondary N) is 2. The predicted molar refractivity (Wildman–Crippen MR) is 99.7 cm³/mol. The number of sulfonamides is 1. The Labute approximate surface area is 157 Å². The molecule has 142 valence electrons. The zero-order valence-electron chi connectivity index (χ0n) is 14.9. The van der Waals surface area contributed by atoms with E-state index in [0.717, 1.165) is 6.26 Å². The molecule has 9 nitrogen and oxygen atoms in total. The second-order valence-corrected chi connectivity index (χ2v) is 7.38. The number of carbonyl (C=O) groups excluding carboxylic acids is 2. The van der Waals surface area contributed by atoms with E-state index in [4.69, 9.17) is 10.5 Å². The summed E-state index contributed by atoms with van der Waals surface area (Å²) in [7, 11) is -3.80. The molecule has 0 fully saturated rings. The maximum Gasteiger partial charge on any atom is 0.339 e. The van der Waals surface area contributed by atoms with Crippen molar-refractivity contribution in [2.75, 3.05) is 18.1 Å². The maximum absolute atomic E-state index is 12.0. The number of imide groups is 1. The van der Waals surface area contributed by atoms with E-state index in [9.17, 15) is 18.0 Å². The van der Waals surface area contributed by atoms with Crippen LogP contribution in [0.2, 0.25) is 0 Å². The second-order valence-electron chi connectivity index (χ2n) is 5.48. The molecular formula is C17H19N5O4S. The lowest BCUT2D eigenvalue weighted by molar-refractivity contribution is 0.219. The largest absolute Gasteiger partial charge is 0.339 e. The maximum atomic E-state index is 12.0. The van der Waals surface area contributed by atoms with Gasteiger partial charge in [0.25, 0.3) is 0 Å². The molecule has 4 amide bonds. The van der Waals surface area contributed by atoms with E-state index in [2.05, 4.69) is 5.32 Å². The number of hydrogen-bond acceptors (Lipinski definition) is 6. The van der Waals surface area contributed by atoms with Crippen LogP contribution < -0.4 is 10.6 Å². The van der Waals surface area contributed by atoms with Gasteiger partial charge in [0.1, 0.15) is 17.7 Å². The van der Waals surface area contributed by atoms with Gasteiger partial charge in [-0.05, 0) is 30.2 Å². The molecule has 27 heavy (non-hydrogen) atoms. The van der Waals surface area contributed by atoms with Crippen LogP contribution in [-0.4, -0.2) is 37.6 Å². The quantitative estimate of drug-likeness (QED) is 0.715. The third-order valence-electron chi connectivity index (χ3n) is 3.28. The van der Waals surface area contributed by atoms with Crippen molar-refractivity contribution in [2.24, 2.45) is 0 Å². The predicted octanol–water partition coefficient (Wildman–Crippen LogP) is 2.42. The van der Waals surface area contributed by atoms with E-state index in [1.54, 1.807) is 24.3 Å². The molecule has 2 N–H and O–H groups in total. The molecule has 0 radical (unpaired) electrons. The molecule has 0 aliphatic rings. The van der Waals surface area contributed by atoms with Crippen LogP contribution in [0.3, 0.4) is 0 Å². The molecule has 0 aromatic heterocycles. The Morgan fingerprint density at radius 1 is 1.19 bits per heavy atom. The number of amides is 4. The fourth-order valence-corrected chi connectivity index (χ4v) is 2.77. The molecule has 1 aromatic carbocycles. The van der Waals surface area contributed by atoms with Crippen molar-refractivity contribution < 1.29 is 18.0 Å². The Morgan fingerprint density at radius 3 is 2.26 bits per heavy atom. The summed E-state index contributed by atoms with van der Waals surface area (Å²) in [6, 6.07) is 7.70. The van der Waals surface area contributed by atoms with E-state index in [0.29, 0.717) is 28.4 Å². The SMILES string of the molecule is CCCCN(C(=O)NC(=O)Nc1ccc(C=C(C#N)C#N)cc1)S(C)(=O)=O. The lowest BCUT2D eigenvalue weighted by Crippen LogP contribution is -2.47. The average molecular weight is 389 g/mol. The Hall–Kier alpha value is -3.37. The summed E-state index contributed by atoms with van der Waals surface area (Å²) < 4.78 is 24.0. The fourth-order valence-electron chi connectivity index (χ4n) is 1.96. The normalized spacial score (nSPS) is 10.1. The van der Waals surface area contributed by atoms with E-state index in [1.165, 1.54) is 18.2 Å². The van der Waals surface area contributed by atoms with Crippen LogP contribution in [0, 0.1) is 22.7 Å². The highest BCUT2D eigenvalue weighted by atomic mass is 32.2. The fraction of sp³-hybridized carbons (Fsp3) is 0.294. The van der Waals surface area contributed by atoms with Crippen LogP contribution in [0.5, 0.6) is 0 Å². The first-order valence-corrected chi connectivity index (χ1v) is 9.77. The van der Waals surface area contributed by atoms with Gasteiger partial charge in [-0.15, -0.1) is 0 Å². The molecule has 10 heteroatoms. The molecule has 0 saturated carbocycles. The number of nitriles is 2. The molecule has 0 saturated heterocycles. The first-order valence-electron chi connectivity index (χ1n) is 7.93. The summed E-state index contributed by atoms with van der Waals surface area (Å²) in [6.45, 7) is 1.83. The molecule has 1 rings (SSSR count). The number of carbonyl (C=O) groups is 2. The van der Waals surface area contributed by atoms with Crippen molar-refractivity contribution in [3.8, 4) is 12.1 Å².